The molecule has 0 aliphatic carbocycles. The second-order valence-electron chi connectivity index (χ2n) is 10.2. The summed E-state index contributed by atoms with van der Waals surface area (Å²) in [6.07, 6.45) is 0.750. The first kappa shape index (κ1) is 29.9. The van der Waals surface area contributed by atoms with Crippen molar-refractivity contribution in [1.82, 2.24) is 10.2 Å². The molecule has 2 amide bonds. The largest absolute Gasteiger partial charge is 0.352 e. The third-order valence-electron chi connectivity index (χ3n) is 6.78. The molecule has 0 unspecified atom stereocenters. The third-order valence-corrected chi connectivity index (χ3v) is 8.57. The highest BCUT2D eigenvalue weighted by Gasteiger charge is 2.32. The van der Waals surface area contributed by atoms with Gasteiger partial charge in [0.25, 0.3) is 10.0 Å². The van der Waals surface area contributed by atoms with E-state index in [1.165, 1.54) is 4.90 Å². The fourth-order valence-electron chi connectivity index (χ4n) is 4.20. The molecular weight excluding hydrogens is 510 g/mol. The summed E-state index contributed by atoms with van der Waals surface area (Å²) in [6, 6.07) is 20.5. The molecule has 0 saturated carbocycles. The molecule has 0 radical (unpaired) electrons. The molecule has 0 aliphatic rings. The van der Waals surface area contributed by atoms with Crippen LogP contribution in [0.25, 0.3) is 0 Å². The third kappa shape index (κ3) is 7.69. The number of hydrogen-bond donors (Lipinski definition) is 1. The lowest BCUT2D eigenvalue weighted by Gasteiger charge is -2.32. The molecule has 0 saturated heterocycles. The van der Waals surface area contributed by atoms with Gasteiger partial charge in [-0.15, -0.1) is 0 Å². The van der Waals surface area contributed by atoms with Crippen LogP contribution in [0.3, 0.4) is 0 Å². The van der Waals surface area contributed by atoms with E-state index in [0.717, 1.165) is 33.0 Å². The second-order valence-corrected chi connectivity index (χ2v) is 12.0. The number of amides is 2. The van der Waals surface area contributed by atoms with Crippen molar-refractivity contribution in [1.29, 1.82) is 0 Å². The Morgan fingerprint density at radius 2 is 1.46 bits per heavy atom. The highest BCUT2D eigenvalue weighted by Crippen LogP contribution is 2.26. The quantitative estimate of drug-likeness (QED) is 0.359. The predicted molar refractivity (Wildman–Crippen MR) is 156 cm³/mol. The molecular formula is C31H39N3O4S. The molecule has 0 heterocycles. The Morgan fingerprint density at radius 3 is 2.05 bits per heavy atom. The predicted octanol–water partition coefficient (Wildman–Crippen LogP) is 5.14. The molecule has 208 valence electrons. The van der Waals surface area contributed by atoms with E-state index >= 15 is 0 Å². The lowest BCUT2D eigenvalue weighted by Crippen LogP contribution is -2.52. The molecule has 2 atom stereocenters. The molecule has 7 nitrogen and oxygen atoms in total. The SMILES string of the molecule is CC[C@@H](C)NC(=O)[C@@H](C)N(Cc1cccc(C)c1)C(=O)CN(c1cccc(C)c1)S(=O)(=O)c1ccc(C)cc1. The minimum absolute atomic E-state index is 0.0541. The van der Waals surface area contributed by atoms with Gasteiger partial charge in [-0.05, 0) is 76.4 Å². The van der Waals surface area contributed by atoms with Crippen molar-refractivity contribution in [3.63, 3.8) is 0 Å². The van der Waals surface area contributed by atoms with Crippen LogP contribution in [0.5, 0.6) is 0 Å². The molecule has 3 aromatic carbocycles. The first-order valence-corrected chi connectivity index (χ1v) is 14.7. The van der Waals surface area contributed by atoms with Crippen molar-refractivity contribution in [3.8, 4) is 0 Å². The molecule has 0 bridgehead atoms. The lowest BCUT2D eigenvalue weighted by molar-refractivity contribution is -0.139. The van der Waals surface area contributed by atoms with E-state index in [9.17, 15) is 18.0 Å². The van der Waals surface area contributed by atoms with Gasteiger partial charge in [0.15, 0.2) is 0 Å². The van der Waals surface area contributed by atoms with Crippen LogP contribution in [-0.2, 0) is 26.2 Å². The molecule has 3 rings (SSSR count). The molecule has 8 heteroatoms. The standard InChI is InChI=1S/C31H39N3O4S/c1-7-25(5)32-31(36)26(6)33(20-27-12-8-10-23(3)18-27)30(35)21-34(28-13-9-11-24(4)19-28)39(37,38)29-16-14-22(2)15-17-29/h8-19,25-26H,7,20-21H2,1-6H3,(H,32,36)/t25-,26-/m1/s1. The van der Waals surface area contributed by atoms with E-state index in [2.05, 4.69) is 5.32 Å². The highest BCUT2D eigenvalue weighted by atomic mass is 32.2. The number of nitrogens with zero attached hydrogens (tertiary/aromatic N) is 2. The average Bonchev–Trinajstić information content (AvgIpc) is 2.89. The lowest BCUT2D eigenvalue weighted by atomic mass is 10.1. The van der Waals surface area contributed by atoms with Crippen LogP contribution in [0.2, 0.25) is 0 Å². The van der Waals surface area contributed by atoms with Gasteiger partial charge in [0.1, 0.15) is 12.6 Å². The van der Waals surface area contributed by atoms with Gasteiger partial charge in [-0.25, -0.2) is 8.42 Å². The van der Waals surface area contributed by atoms with Crippen LogP contribution in [0.15, 0.2) is 77.7 Å². The number of hydrogen-bond acceptors (Lipinski definition) is 4. The number of benzene rings is 3. The number of aryl methyl sites for hydroxylation is 3. The van der Waals surface area contributed by atoms with Crippen molar-refractivity contribution in [3.05, 3.63) is 95.1 Å². The summed E-state index contributed by atoms with van der Waals surface area (Å²) in [6.45, 7) is 11.0. The molecule has 0 fully saturated rings. The topological polar surface area (TPSA) is 86.8 Å². The van der Waals surface area contributed by atoms with Gasteiger partial charge in [-0.1, -0.05) is 66.6 Å². The van der Waals surface area contributed by atoms with Crippen LogP contribution in [0.1, 0.15) is 49.4 Å². The monoisotopic (exact) mass is 549 g/mol. The smallest absolute Gasteiger partial charge is 0.264 e. The average molecular weight is 550 g/mol. The molecule has 0 aliphatic heterocycles. The van der Waals surface area contributed by atoms with Gasteiger partial charge in [0, 0.05) is 12.6 Å². The van der Waals surface area contributed by atoms with E-state index in [4.69, 9.17) is 0 Å². The first-order valence-electron chi connectivity index (χ1n) is 13.2. The maximum Gasteiger partial charge on any atom is 0.264 e. The van der Waals surface area contributed by atoms with Crippen molar-refractivity contribution in [2.24, 2.45) is 0 Å². The zero-order chi connectivity index (χ0) is 28.7. The molecule has 3 aromatic rings. The Morgan fingerprint density at radius 1 is 0.846 bits per heavy atom. The van der Waals surface area contributed by atoms with E-state index in [-0.39, 0.29) is 23.4 Å². The maximum absolute atomic E-state index is 14.0. The van der Waals surface area contributed by atoms with Crippen LogP contribution in [-0.4, -0.2) is 43.8 Å². The summed E-state index contributed by atoms with van der Waals surface area (Å²) in [5.74, 6) is -0.755. The van der Waals surface area contributed by atoms with Crippen molar-refractivity contribution < 1.29 is 18.0 Å². The van der Waals surface area contributed by atoms with Crippen LogP contribution in [0.4, 0.5) is 5.69 Å². The zero-order valence-corrected chi connectivity index (χ0v) is 24.5. The maximum atomic E-state index is 14.0. The Labute approximate surface area is 232 Å². The Kier molecular flexibility index (Phi) is 9.92. The fraction of sp³-hybridized carbons (Fsp3) is 0.355. The highest BCUT2D eigenvalue weighted by molar-refractivity contribution is 7.92. The Bertz CT molecular complexity index is 1400. The number of carbonyl (C=O) groups excluding carboxylic acids is 2. The summed E-state index contributed by atoms with van der Waals surface area (Å²) < 4.78 is 28.9. The van der Waals surface area contributed by atoms with Crippen molar-refractivity contribution in [2.45, 2.75) is 71.5 Å². The number of carbonyl (C=O) groups is 2. The van der Waals surface area contributed by atoms with Gasteiger partial charge < -0.3 is 10.2 Å². The second kappa shape index (κ2) is 12.9. The Balaban J connectivity index is 2.03. The molecule has 0 spiro atoms. The normalized spacial score (nSPS) is 12.9. The van der Waals surface area contributed by atoms with E-state index in [0.29, 0.717) is 5.69 Å². The number of anilines is 1. The number of nitrogens with one attached hydrogen (secondary N) is 1. The molecule has 39 heavy (non-hydrogen) atoms. The minimum Gasteiger partial charge on any atom is -0.352 e. The molecule has 1 N–H and O–H groups in total. The van der Waals surface area contributed by atoms with Crippen LogP contribution >= 0.6 is 0 Å². The summed E-state index contributed by atoms with van der Waals surface area (Å²) in [4.78, 5) is 28.7. The van der Waals surface area contributed by atoms with Gasteiger partial charge in [-0.3, -0.25) is 13.9 Å². The summed E-state index contributed by atoms with van der Waals surface area (Å²) >= 11 is 0. The van der Waals surface area contributed by atoms with Gasteiger partial charge >= 0.3 is 0 Å². The van der Waals surface area contributed by atoms with Gasteiger partial charge in [-0.2, -0.15) is 0 Å². The first-order chi connectivity index (χ1) is 18.4. The fourth-order valence-corrected chi connectivity index (χ4v) is 5.61. The molecule has 0 aromatic heterocycles. The van der Waals surface area contributed by atoms with E-state index < -0.39 is 28.5 Å². The summed E-state index contributed by atoms with van der Waals surface area (Å²) in [5.41, 5.74) is 4.06. The van der Waals surface area contributed by atoms with Crippen molar-refractivity contribution in [2.75, 3.05) is 10.8 Å². The Hall–Kier alpha value is -3.65. The zero-order valence-electron chi connectivity index (χ0n) is 23.6. The summed E-state index contributed by atoms with van der Waals surface area (Å²) in [7, 11) is -4.08. The number of rotatable bonds is 11. The van der Waals surface area contributed by atoms with Gasteiger partial charge in [0.05, 0.1) is 10.6 Å². The van der Waals surface area contributed by atoms with Gasteiger partial charge in [0.2, 0.25) is 11.8 Å². The van der Waals surface area contributed by atoms with Crippen LogP contribution in [0, 0.1) is 20.8 Å². The van der Waals surface area contributed by atoms with E-state index in [1.54, 1.807) is 49.4 Å². The van der Waals surface area contributed by atoms with Crippen molar-refractivity contribution >= 4 is 27.5 Å². The number of sulfonamides is 1. The summed E-state index contributed by atoms with van der Waals surface area (Å²) in [5, 5.41) is 2.95. The minimum atomic E-state index is -4.08. The van der Waals surface area contributed by atoms with Crippen LogP contribution < -0.4 is 9.62 Å². The van der Waals surface area contributed by atoms with E-state index in [1.807, 2.05) is 65.0 Å².